The highest BCUT2D eigenvalue weighted by molar-refractivity contribution is 6.48. The zero-order valence-corrected chi connectivity index (χ0v) is 17.6. The molecule has 0 unspecified atom stereocenters. The number of hydrogen-bond acceptors (Lipinski definition) is 2. The summed E-state index contributed by atoms with van der Waals surface area (Å²) in [6.07, 6.45) is -5.76. The second kappa shape index (κ2) is 8.33. The molecule has 1 saturated heterocycles. The number of halogens is 7. The second-order valence-electron chi connectivity index (χ2n) is 6.86. The molecule has 3 rings (SSSR count). The van der Waals surface area contributed by atoms with Gasteiger partial charge < -0.3 is 10.0 Å². The van der Waals surface area contributed by atoms with Crippen LogP contribution in [0.4, 0.5) is 22.4 Å². The van der Waals surface area contributed by atoms with Crippen LogP contribution in [0.15, 0.2) is 42.5 Å². The Kier molecular flexibility index (Phi) is 6.28. The Morgan fingerprint density at radius 2 is 1.52 bits per heavy atom. The van der Waals surface area contributed by atoms with Crippen LogP contribution in [0.2, 0.25) is 15.1 Å². The van der Waals surface area contributed by atoms with E-state index < -0.39 is 34.9 Å². The van der Waals surface area contributed by atoms with E-state index in [9.17, 15) is 27.2 Å². The monoisotopic (exact) mass is 495 g/mol. The van der Waals surface area contributed by atoms with Crippen LogP contribution in [-0.2, 0) is 5.67 Å². The van der Waals surface area contributed by atoms with Crippen molar-refractivity contribution in [1.29, 1.82) is 0 Å². The van der Waals surface area contributed by atoms with Gasteiger partial charge in [0.05, 0.1) is 33.7 Å². The number of alkyl halides is 4. The Balaban J connectivity index is 1.89. The first-order valence-electron chi connectivity index (χ1n) is 8.57. The Morgan fingerprint density at radius 3 is 1.97 bits per heavy atom. The molecule has 1 aliphatic rings. The van der Waals surface area contributed by atoms with Crippen LogP contribution in [0.3, 0.4) is 0 Å². The van der Waals surface area contributed by atoms with Gasteiger partial charge in [0.15, 0.2) is 11.5 Å². The van der Waals surface area contributed by atoms with E-state index in [2.05, 4.69) is 0 Å². The van der Waals surface area contributed by atoms with Crippen LogP contribution in [0.1, 0.15) is 21.5 Å². The molecule has 1 heterocycles. The summed E-state index contributed by atoms with van der Waals surface area (Å²) < 4.78 is 55.4. The number of nitrogens with zero attached hydrogens (tertiary/aromatic N) is 1. The van der Waals surface area contributed by atoms with E-state index in [4.69, 9.17) is 39.9 Å². The molecule has 0 bridgehead atoms. The number of likely N-dealkylation sites (tertiary alicyclic amines) is 1. The maximum Gasteiger partial charge on any atom is 0.417 e. The van der Waals surface area contributed by atoms with Gasteiger partial charge in [-0.3, -0.25) is 4.79 Å². The molecule has 1 N–H and O–H groups in total. The van der Waals surface area contributed by atoms with Crippen molar-refractivity contribution in [3.63, 3.8) is 0 Å². The topological polar surface area (TPSA) is 57.6 Å². The highest BCUT2D eigenvalue weighted by Crippen LogP contribution is 2.40. The van der Waals surface area contributed by atoms with Gasteiger partial charge in [-0.15, -0.1) is 0 Å². The summed E-state index contributed by atoms with van der Waals surface area (Å²) in [7, 11) is 0. The third-order valence-electron chi connectivity index (χ3n) is 4.72. The lowest BCUT2D eigenvalue weighted by Crippen LogP contribution is -2.58. The summed E-state index contributed by atoms with van der Waals surface area (Å²) in [4.78, 5) is 24.1. The van der Waals surface area contributed by atoms with E-state index in [-0.39, 0.29) is 39.3 Å². The van der Waals surface area contributed by atoms with Gasteiger partial charge in [-0.1, -0.05) is 59.1 Å². The Morgan fingerprint density at radius 1 is 1.00 bits per heavy atom. The van der Waals surface area contributed by atoms with Crippen LogP contribution < -0.4 is 0 Å². The molecule has 1 aliphatic heterocycles. The molecule has 0 aromatic heterocycles. The van der Waals surface area contributed by atoms with Crippen LogP contribution in [-0.4, -0.2) is 41.1 Å². The van der Waals surface area contributed by atoms with E-state index >= 15 is 0 Å². The minimum Gasteiger partial charge on any atom is -0.465 e. The summed E-state index contributed by atoms with van der Waals surface area (Å²) in [6, 6.07) is 6.73. The van der Waals surface area contributed by atoms with Crippen molar-refractivity contribution in [1.82, 2.24) is 4.90 Å². The number of carbonyl (C=O) groups excluding carboxylic acids is 1. The summed E-state index contributed by atoms with van der Waals surface area (Å²) in [5.74, 6) is -0.977. The van der Waals surface area contributed by atoms with E-state index in [1.807, 2.05) is 0 Å². The molecule has 2 aromatic carbocycles. The lowest BCUT2D eigenvalue weighted by atomic mass is 9.87. The molecule has 31 heavy (non-hydrogen) atoms. The van der Waals surface area contributed by atoms with Crippen molar-refractivity contribution in [3.8, 4) is 0 Å². The predicted molar refractivity (Wildman–Crippen MR) is 109 cm³/mol. The molecule has 0 atom stereocenters. The highest BCUT2D eigenvalue weighted by atomic mass is 35.5. The number of rotatable bonds is 4. The van der Waals surface area contributed by atoms with Crippen LogP contribution in [0, 0.1) is 0 Å². The molecule has 2 aromatic rings. The smallest absolute Gasteiger partial charge is 0.417 e. The molecule has 4 nitrogen and oxygen atoms in total. The van der Waals surface area contributed by atoms with Gasteiger partial charge in [0.1, 0.15) is 0 Å². The van der Waals surface area contributed by atoms with Crippen molar-refractivity contribution in [3.05, 3.63) is 74.2 Å². The molecule has 164 valence electrons. The standard InChI is InChI=1S/C20H12Cl3F4NO3/c21-14-5-11(6-15(22)17(14)23)13(20(25,26)27)7-16(29)10-1-3-12(4-2-10)19(24)8-28(9-19)18(30)31/h1-7H,8-9H2,(H,30,31)/b13-7+. The number of ketones is 1. The number of hydrogen-bond donors (Lipinski definition) is 1. The molecular weight excluding hydrogens is 485 g/mol. The summed E-state index contributed by atoms with van der Waals surface area (Å²) in [5.41, 5.74) is -3.63. The van der Waals surface area contributed by atoms with E-state index in [1.165, 1.54) is 24.3 Å². The summed E-state index contributed by atoms with van der Waals surface area (Å²) in [5, 5.41) is 8.28. The van der Waals surface area contributed by atoms with Gasteiger partial charge in [-0.2, -0.15) is 13.2 Å². The van der Waals surface area contributed by atoms with Crippen LogP contribution in [0.5, 0.6) is 0 Å². The molecule has 1 amide bonds. The van der Waals surface area contributed by atoms with E-state index in [0.29, 0.717) is 6.08 Å². The van der Waals surface area contributed by atoms with Gasteiger partial charge in [-0.25, -0.2) is 9.18 Å². The Bertz CT molecular complexity index is 1060. The van der Waals surface area contributed by atoms with Gasteiger partial charge in [-0.05, 0) is 29.3 Å². The fourth-order valence-electron chi connectivity index (χ4n) is 3.06. The maximum atomic E-state index is 14.7. The van der Waals surface area contributed by atoms with Gasteiger partial charge in [0.25, 0.3) is 0 Å². The molecule has 11 heteroatoms. The lowest BCUT2D eigenvalue weighted by molar-refractivity contribution is -0.0689. The molecule has 0 aliphatic carbocycles. The van der Waals surface area contributed by atoms with Gasteiger partial charge >= 0.3 is 12.3 Å². The minimum absolute atomic E-state index is 0.116. The van der Waals surface area contributed by atoms with Crippen molar-refractivity contribution in [2.45, 2.75) is 11.8 Å². The van der Waals surface area contributed by atoms with Crippen molar-refractivity contribution in [2.24, 2.45) is 0 Å². The molecule has 0 radical (unpaired) electrons. The van der Waals surface area contributed by atoms with Crippen LogP contribution in [0.25, 0.3) is 5.57 Å². The normalized spacial score (nSPS) is 16.1. The first-order chi connectivity index (χ1) is 14.3. The fourth-order valence-corrected chi connectivity index (χ4v) is 3.66. The lowest BCUT2D eigenvalue weighted by Gasteiger charge is -2.42. The number of allylic oxidation sites excluding steroid dienone is 2. The number of amides is 1. The number of carbonyl (C=O) groups is 2. The minimum atomic E-state index is -4.90. The molecule has 1 fully saturated rings. The average molecular weight is 497 g/mol. The Labute approximate surface area is 188 Å². The summed E-state index contributed by atoms with van der Waals surface area (Å²) in [6.45, 7) is -0.738. The number of benzene rings is 2. The maximum absolute atomic E-state index is 14.7. The van der Waals surface area contributed by atoms with Crippen molar-refractivity contribution < 1.29 is 32.3 Å². The Hall–Kier alpha value is -2.29. The zero-order chi connectivity index (χ0) is 23.1. The third kappa shape index (κ3) is 4.81. The molecule has 0 spiro atoms. The van der Waals surface area contributed by atoms with Crippen LogP contribution >= 0.6 is 34.8 Å². The fraction of sp³-hybridized carbons (Fsp3) is 0.200. The number of carboxylic acid groups (broad SMARTS) is 1. The third-order valence-corrected chi connectivity index (χ3v) is 5.91. The second-order valence-corrected chi connectivity index (χ2v) is 8.05. The van der Waals surface area contributed by atoms with Crippen molar-refractivity contribution in [2.75, 3.05) is 13.1 Å². The summed E-state index contributed by atoms with van der Waals surface area (Å²) >= 11 is 17.4. The average Bonchev–Trinajstić information content (AvgIpc) is 2.66. The van der Waals surface area contributed by atoms with Gasteiger partial charge in [0.2, 0.25) is 0 Å². The van der Waals surface area contributed by atoms with Crippen molar-refractivity contribution >= 4 is 52.3 Å². The van der Waals surface area contributed by atoms with E-state index in [0.717, 1.165) is 17.0 Å². The SMILES string of the molecule is O=C(/C=C(\c1cc(Cl)c(Cl)c(Cl)c1)C(F)(F)F)c1ccc(C2(F)CN(C(=O)O)C2)cc1. The predicted octanol–water partition coefficient (Wildman–Crippen LogP) is 6.63. The zero-order valence-electron chi connectivity index (χ0n) is 15.3. The first kappa shape index (κ1) is 23.4. The quantitative estimate of drug-likeness (QED) is 0.224. The van der Waals surface area contributed by atoms with E-state index in [1.54, 1.807) is 0 Å². The first-order valence-corrected chi connectivity index (χ1v) is 9.71. The molecular formula is C20H12Cl3F4NO3. The highest BCUT2D eigenvalue weighted by Gasteiger charge is 2.47. The van der Waals surface area contributed by atoms with Gasteiger partial charge in [0, 0.05) is 5.56 Å². The largest absolute Gasteiger partial charge is 0.465 e. The molecule has 0 saturated carbocycles.